The average Bonchev–Trinajstić information content (AvgIpc) is 2.63. The van der Waals surface area contributed by atoms with Crippen molar-refractivity contribution in [2.45, 2.75) is 13.3 Å². The summed E-state index contributed by atoms with van der Waals surface area (Å²) in [5.41, 5.74) is 6.14. The maximum Gasteiger partial charge on any atom is 0.256 e. The van der Waals surface area contributed by atoms with Crippen molar-refractivity contribution in [3.63, 3.8) is 0 Å². The van der Waals surface area contributed by atoms with E-state index in [1.165, 1.54) is 19.1 Å². The Morgan fingerprint density at radius 1 is 1.15 bits per heavy atom. The van der Waals surface area contributed by atoms with E-state index in [2.05, 4.69) is 0 Å². The molecule has 1 aliphatic heterocycles. The maximum atomic E-state index is 13.0. The van der Waals surface area contributed by atoms with Gasteiger partial charge in [-0.2, -0.15) is 0 Å². The Kier molecular flexibility index (Phi) is 4.22. The van der Waals surface area contributed by atoms with E-state index in [0.717, 1.165) is 12.5 Å². The number of benzene rings is 1. The summed E-state index contributed by atoms with van der Waals surface area (Å²) in [6, 6.07) is 3.77. The van der Waals surface area contributed by atoms with Gasteiger partial charge in [0.25, 0.3) is 5.91 Å². The molecule has 1 aliphatic rings. The Morgan fingerprint density at radius 3 is 2.45 bits per heavy atom. The molecule has 1 heterocycles. The van der Waals surface area contributed by atoms with E-state index in [-0.39, 0.29) is 17.5 Å². The Bertz CT molecular complexity index is 533. The molecule has 0 aliphatic carbocycles. The van der Waals surface area contributed by atoms with Gasteiger partial charge in [-0.25, -0.2) is 4.39 Å². The van der Waals surface area contributed by atoms with Crippen LogP contribution < -0.4 is 5.73 Å². The van der Waals surface area contributed by atoms with Crippen LogP contribution in [0.5, 0.6) is 0 Å². The molecule has 5 nitrogen and oxygen atoms in total. The zero-order valence-corrected chi connectivity index (χ0v) is 11.4. The van der Waals surface area contributed by atoms with Crippen LogP contribution in [0.4, 0.5) is 10.1 Å². The first-order valence-corrected chi connectivity index (χ1v) is 6.59. The quantitative estimate of drug-likeness (QED) is 0.783. The van der Waals surface area contributed by atoms with Gasteiger partial charge in [-0.05, 0) is 24.6 Å². The first-order chi connectivity index (χ1) is 9.49. The molecular formula is C14H18FN3O2. The molecule has 0 radical (unpaired) electrons. The van der Waals surface area contributed by atoms with Gasteiger partial charge in [-0.1, -0.05) is 0 Å². The van der Waals surface area contributed by atoms with E-state index in [1.54, 1.807) is 9.80 Å². The fourth-order valence-corrected chi connectivity index (χ4v) is 2.33. The van der Waals surface area contributed by atoms with E-state index in [0.29, 0.717) is 31.7 Å². The molecule has 0 unspecified atom stereocenters. The fraction of sp³-hybridized carbons (Fsp3) is 0.429. The van der Waals surface area contributed by atoms with Crippen LogP contribution in [0.3, 0.4) is 0 Å². The molecule has 2 N–H and O–H groups in total. The minimum atomic E-state index is -0.460. The van der Waals surface area contributed by atoms with Gasteiger partial charge in [-0.3, -0.25) is 9.59 Å². The van der Waals surface area contributed by atoms with Crippen molar-refractivity contribution in [1.29, 1.82) is 0 Å². The number of anilines is 1. The van der Waals surface area contributed by atoms with Crippen molar-refractivity contribution in [3.05, 3.63) is 29.6 Å². The summed E-state index contributed by atoms with van der Waals surface area (Å²) in [4.78, 5) is 27.1. The van der Waals surface area contributed by atoms with Crippen LogP contribution in [0.2, 0.25) is 0 Å². The van der Waals surface area contributed by atoms with Gasteiger partial charge >= 0.3 is 0 Å². The molecule has 1 saturated heterocycles. The highest BCUT2D eigenvalue weighted by Gasteiger charge is 2.22. The van der Waals surface area contributed by atoms with Crippen LogP contribution in [0.1, 0.15) is 23.7 Å². The molecule has 1 aromatic carbocycles. The van der Waals surface area contributed by atoms with Crippen LogP contribution in [0.15, 0.2) is 18.2 Å². The Balaban J connectivity index is 2.11. The maximum absolute atomic E-state index is 13.0. The summed E-state index contributed by atoms with van der Waals surface area (Å²) < 4.78 is 13.0. The van der Waals surface area contributed by atoms with E-state index >= 15 is 0 Å². The first-order valence-electron chi connectivity index (χ1n) is 6.59. The van der Waals surface area contributed by atoms with Crippen molar-refractivity contribution in [2.75, 3.05) is 31.9 Å². The first kappa shape index (κ1) is 14.3. The number of nitrogen functional groups attached to an aromatic ring is 1. The predicted molar refractivity (Wildman–Crippen MR) is 73.6 cm³/mol. The minimum absolute atomic E-state index is 0.0144. The largest absolute Gasteiger partial charge is 0.398 e. The van der Waals surface area contributed by atoms with E-state index < -0.39 is 5.82 Å². The summed E-state index contributed by atoms with van der Waals surface area (Å²) in [5, 5.41) is 0. The number of carbonyl (C=O) groups is 2. The topological polar surface area (TPSA) is 66.6 Å². The molecule has 20 heavy (non-hydrogen) atoms. The third-order valence-corrected chi connectivity index (χ3v) is 3.47. The zero-order valence-electron chi connectivity index (χ0n) is 11.4. The number of nitrogens with zero attached hydrogens (tertiary/aromatic N) is 2. The van der Waals surface area contributed by atoms with Crippen LogP contribution >= 0.6 is 0 Å². The number of halogens is 1. The molecule has 0 spiro atoms. The highest BCUT2D eigenvalue weighted by atomic mass is 19.1. The van der Waals surface area contributed by atoms with Crippen molar-refractivity contribution < 1.29 is 14.0 Å². The molecule has 6 heteroatoms. The van der Waals surface area contributed by atoms with Crippen LogP contribution in [-0.4, -0.2) is 47.8 Å². The van der Waals surface area contributed by atoms with Gasteiger partial charge in [0.2, 0.25) is 5.91 Å². The molecule has 0 bridgehead atoms. The molecule has 2 rings (SSSR count). The molecule has 1 aromatic rings. The lowest BCUT2D eigenvalue weighted by Gasteiger charge is -2.22. The highest BCUT2D eigenvalue weighted by molar-refractivity contribution is 5.99. The Hall–Kier alpha value is -2.11. The fourth-order valence-electron chi connectivity index (χ4n) is 2.33. The molecule has 2 amide bonds. The molecule has 1 fully saturated rings. The van der Waals surface area contributed by atoms with E-state index in [4.69, 9.17) is 5.73 Å². The summed E-state index contributed by atoms with van der Waals surface area (Å²) in [6.45, 7) is 3.73. The molecule has 0 atom stereocenters. The monoisotopic (exact) mass is 279 g/mol. The third kappa shape index (κ3) is 3.07. The van der Waals surface area contributed by atoms with Gasteiger partial charge in [0.1, 0.15) is 5.82 Å². The Morgan fingerprint density at radius 2 is 1.80 bits per heavy atom. The van der Waals surface area contributed by atoms with Crippen molar-refractivity contribution in [1.82, 2.24) is 9.80 Å². The van der Waals surface area contributed by atoms with Crippen molar-refractivity contribution >= 4 is 17.5 Å². The van der Waals surface area contributed by atoms with E-state index in [1.807, 2.05) is 0 Å². The molecule has 0 saturated carbocycles. The average molecular weight is 279 g/mol. The van der Waals surface area contributed by atoms with Gasteiger partial charge in [0.05, 0.1) is 5.56 Å². The number of nitrogens with two attached hydrogens (primary N) is 1. The summed E-state index contributed by atoms with van der Waals surface area (Å²) >= 11 is 0. The lowest BCUT2D eigenvalue weighted by molar-refractivity contribution is -0.128. The second-order valence-electron chi connectivity index (χ2n) is 4.88. The second kappa shape index (κ2) is 5.90. The summed E-state index contributed by atoms with van der Waals surface area (Å²) in [6.07, 6.45) is 0.729. The van der Waals surface area contributed by atoms with Gasteiger partial charge in [-0.15, -0.1) is 0 Å². The smallest absolute Gasteiger partial charge is 0.256 e. The summed E-state index contributed by atoms with van der Waals surface area (Å²) in [5.74, 6) is -0.661. The number of carbonyl (C=O) groups excluding carboxylic acids is 2. The third-order valence-electron chi connectivity index (χ3n) is 3.47. The number of rotatable bonds is 1. The predicted octanol–water partition coefficient (Wildman–Crippen LogP) is 1.10. The van der Waals surface area contributed by atoms with E-state index in [9.17, 15) is 14.0 Å². The van der Waals surface area contributed by atoms with Gasteiger partial charge in [0, 0.05) is 38.8 Å². The molecule has 0 aromatic heterocycles. The zero-order chi connectivity index (χ0) is 14.7. The number of hydrogen-bond acceptors (Lipinski definition) is 3. The minimum Gasteiger partial charge on any atom is -0.398 e. The Labute approximate surface area is 117 Å². The number of hydrogen-bond donors (Lipinski definition) is 1. The standard InChI is InChI=1S/C14H18FN3O2/c1-10(19)17-5-2-6-18(8-7-17)14(20)12-4-3-11(15)9-13(12)16/h3-4,9H,2,5-8,16H2,1H3. The lowest BCUT2D eigenvalue weighted by atomic mass is 10.1. The highest BCUT2D eigenvalue weighted by Crippen LogP contribution is 2.17. The second-order valence-corrected chi connectivity index (χ2v) is 4.88. The number of amides is 2. The van der Waals surface area contributed by atoms with Crippen LogP contribution in [0.25, 0.3) is 0 Å². The lowest BCUT2D eigenvalue weighted by Crippen LogP contribution is -2.36. The normalized spacial score (nSPS) is 15.9. The van der Waals surface area contributed by atoms with Gasteiger partial charge in [0.15, 0.2) is 0 Å². The summed E-state index contributed by atoms with van der Waals surface area (Å²) in [7, 11) is 0. The molecular weight excluding hydrogens is 261 g/mol. The van der Waals surface area contributed by atoms with Crippen LogP contribution in [-0.2, 0) is 4.79 Å². The van der Waals surface area contributed by atoms with Crippen molar-refractivity contribution in [3.8, 4) is 0 Å². The van der Waals surface area contributed by atoms with Gasteiger partial charge < -0.3 is 15.5 Å². The van der Waals surface area contributed by atoms with Crippen molar-refractivity contribution in [2.24, 2.45) is 0 Å². The molecule has 108 valence electrons. The van der Waals surface area contributed by atoms with Crippen LogP contribution in [0, 0.1) is 5.82 Å². The SMILES string of the molecule is CC(=O)N1CCCN(C(=O)c2ccc(F)cc2N)CC1.